The number of carbonyl (C=O) groups excluding carboxylic acids is 3. The summed E-state index contributed by atoms with van der Waals surface area (Å²) in [7, 11) is -6.31. The van der Waals surface area contributed by atoms with E-state index in [4.69, 9.17) is 9.47 Å². The van der Waals surface area contributed by atoms with Gasteiger partial charge in [-0.2, -0.15) is 0 Å². The molecule has 0 fully saturated rings. The van der Waals surface area contributed by atoms with Crippen LogP contribution in [0.4, 0.5) is 27.5 Å². The number of amides is 2. The van der Waals surface area contributed by atoms with Crippen molar-refractivity contribution >= 4 is 82.3 Å². The van der Waals surface area contributed by atoms with Gasteiger partial charge < -0.3 is 30.3 Å². The van der Waals surface area contributed by atoms with E-state index in [1.165, 1.54) is 84.9 Å². The first kappa shape index (κ1) is 36.9. The lowest BCUT2D eigenvalue weighted by molar-refractivity contribution is 0.0593. The summed E-state index contributed by atoms with van der Waals surface area (Å²) in [6, 6.07) is 24.5. The molecular formula is C37H30N4O11S2. The Morgan fingerprint density at radius 3 is 1.31 bits per heavy atom. The third kappa shape index (κ3) is 7.67. The van der Waals surface area contributed by atoms with E-state index in [-0.39, 0.29) is 65.9 Å². The van der Waals surface area contributed by atoms with Gasteiger partial charge in [0.25, 0.3) is 20.0 Å². The zero-order valence-corrected chi connectivity index (χ0v) is 29.9. The second-order valence-corrected chi connectivity index (χ2v) is 15.0. The largest absolute Gasteiger partial charge is 0.507 e. The van der Waals surface area contributed by atoms with Crippen LogP contribution in [0.1, 0.15) is 20.7 Å². The molecule has 17 heteroatoms. The summed E-state index contributed by atoms with van der Waals surface area (Å²) in [5.74, 6) is -2.21. The molecule has 0 aliphatic heterocycles. The van der Waals surface area contributed by atoms with Crippen LogP contribution < -0.4 is 20.1 Å². The number of hydrogen-bond acceptors (Lipinski definition) is 11. The van der Waals surface area contributed by atoms with E-state index in [1.54, 1.807) is 12.1 Å². The van der Waals surface area contributed by atoms with Gasteiger partial charge in [-0.25, -0.2) is 31.2 Å². The van der Waals surface area contributed by atoms with Gasteiger partial charge in [0.05, 0.1) is 46.5 Å². The number of urea groups is 1. The zero-order chi connectivity index (χ0) is 38.8. The number of hydrogen-bond donors (Lipinski definition) is 6. The van der Waals surface area contributed by atoms with Gasteiger partial charge in [0.15, 0.2) is 0 Å². The highest BCUT2D eigenvalue weighted by atomic mass is 32.2. The van der Waals surface area contributed by atoms with Crippen molar-refractivity contribution in [3.63, 3.8) is 0 Å². The Labute approximate surface area is 308 Å². The molecule has 6 N–H and O–H groups in total. The highest BCUT2D eigenvalue weighted by molar-refractivity contribution is 7.93. The van der Waals surface area contributed by atoms with E-state index < -0.39 is 38.0 Å². The number of aromatic hydroxyl groups is 2. The lowest BCUT2D eigenvalue weighted by atomic mass is 10.1. The first-order chi connectivity index (χ1) is 25.7. The van der Waals surface area contributed by atoms with E-state index in [2.05, 4.69) is 20.1 Å². The molecule has 2 amide bonds. The maximum absolute atomic E-state index is 13.3. The molecule has 6 rings (SSSR count). The molecule has 54 heavy (non-hydrogen) atoms. The normalized spacial score (nSPS) is 11.4. The van der Waals surface area contributed by atoms with Crippen molar-refractivity contribution in [2.24, 2.45) is 0 Å². The number of esters is 2. The van der Waals surface area contributed by atoms with Crippen LogP contribution >= 0.6 is 0 Å². The molecule has 0 aliphatic rings. The van der Waals surface area contributed by atoms with Crippen molar-refractivity contribution in [2.45, 2.75) is 9.79 Å². The molecule has 0 atom stereocenters. The Balaban J connectivity index is 1.22. The predicted octanol–water partition coefficient (Wildman–Crippen LogP) is 6.22. The lowest BCUT2D eigenvalue weighted by Gasteiger charge is -2.14. The number of sulfonamides is 2. The predicted molar refractivity (Wildman–Crippen MR) is 201 cm³/mol. The van der Waals surface area contributed by atoms with Crippen molar-refractivity contribution in [3.8, 4) is 11.5 Å². The molecule has 6 aromatic rings. The number of carbonyl (C=O) groups is 3. The van der Waals surface area contributed by atoms with Gasteiger partial charge in [-0.15, -0.1) is 0 Å². The maximum Gasteiger partial charge on any atom is 0.339 e. The monoisotopic (exact) mass is 770 g/mol. The number of methoxy groups -OCH3 is 2. The van der Waals surface area contributed by atoms with Gasteiger partial charge in [0, 0.05) is 34.3 Å². The number of ether oxygens (including phenoxy) is 2. The van der Waals surface area contributed by atoms with Crippen molar-refractivity contribution in [1.29, 1.82) is 0 Å². The van der Waals surface area contributed by atoms with Gasteiger partial charge in [-0.1, -0.05) is 24.3 Å². The van der Waals surface area contributed by atoms with Crippen LogP contribution in [0, 0.1) is 0 Å². The van der Waals surface area contributed by atoms with Crippen molar-refractivity contribution in [1.82, 2.24) is 0 Å². The first-order valence-electron chi connectivity index (χ1n) is 15.7. The van der Waals surface area contributed by atoms with Crippen molar-refractivity contribution in [3.05, 3.63) is 120 Å². The van der Waals surface area contributed by atoms with Crippen LogP contribution in [0.15, 0.2) is 119 Å². The van der Waals surface area contributed by atoms with Gasteiger partial charge >= 0.3 is 18.0 Å². The Morgan fingerprint density at radius 2 is 0.926 bits per heavy atom. The number of rotatable bonds is 10. The molecule has 0 aromatic heterocycles. The quantitative estimate of drug-likeness (QED) is 0.0857. The molecule has 0 unspecified atom stereocenters. The van der Waals surface area contributed by atoms with Gasteiger partial charge in [0.1, 0.15) is 11.5 Å². The van der Waals surface area contributed by atoms with E-state index in [0.717, 1.165) is 26.4 Å². The minimum Gasteiger partial charge on any atom is -0.507 e. The molecular weight excluding hydrogens is 741 g/mol. The average Bonchev–Trinajstić information content (AvgIpc) is 3.14. The zero-order valence-electron chi connectivity index (χ0n) is 28.3. The van der Waals surface area contributed by atoms with Crippen LogP contribution in [-0.2, 0) is 29.5 Å². The molecule has 0 aliphatic carbocycles. The summed E-state index contributed by atoms with van der Waals surface area (Å²) in [5.41, 5.74) is 0.351. The Morgan fingerprint density at radius 1 is 0.537 bits per heavy atom. The van der Waals surface area contributed by atoms with E-state index in [0.29, 0.717) is 10.8 Å². The number of fused-ring (bicyclic) bond motifs is 2. The van der Waals surface area contributed by atoms with Gasteiger partial charge in [-0.3, -0.25) is 9.44 Å². The topological polar surface area (TPSA) is 227 Å². The van der Waals surface area contributed by atoms with Gasteiger partial charge in [-0.05, 0) is 83.6 Å². The highest BCUT2D eigenvalue weighted by Crippen LogP contribution is 2.34. The van der Waals surface area contributed by atoms with Crippen LogP contribution in [0.2, 0.25) is 0 Å². The van der Waals surface area contributed by atoms with E-state index in [9.17, 15) is 41.4 Å². The molecule has 0 saturated heterocycles. The summed E-state index contributed by atoms with van der Waals surface area (Å²) >= 11 is 0. The van der Waals surface area contributed by atoms with E-state index in [1.807, 2.05) is 0 Å². The summed E-state index contributed by atoms with van der Waals surface area (Å²) in [5, 5.41) is 27.7. The van der Waals surface area contributed by atoms with Gasteiger partial charge in [0.2, 0.25) is 0 Å². The van der Waals surface area contributed by atoms with Crippen molar-refractivity contribution < 1.29 is 50.9 Å². The SMILES string of the molecule is COC(=O)c1ccccc1NS(=O)(=O)c1cc(O)c2ccc(NC(=O)Nc3ccc4c(O)cc(S(=O)(=O)Nc5ccccc5C(=O)OC)cc4c3)cc2c1. The first-order valence-corrected chi connectivity index (χ1v) is 18.7. The average molecular weight is 771 g/mol. The van der Waals surface area contributed by atoms with E-state index >= 15 is 0 Å². The Bertz CT molecular complexity index is 2530. The molecule has 0 radical (unpaired) electrons. The summed E-state index contributed by atoms with van der Waals surface area (Å²) in [4.78, 5) is 36.7. The standard InChI is InChI=1S/C37H30N4O11S2/c1-51-35(44)29-7-3-5-9-31(29)40-53(47,48)25-17-21-15-23(11-13-27(21)33(42)19-25)38-37(46)39-24-12-14-28-22(16-24)18-26(20-34(28)43)54(49,50)41-32-10-6-4-8-30(32)36(45)52-2/h3-20,40-43H,1-2H3,(H2,38,39,46). The number of nitrogens with one attached hydrogen (secondary N) is 4. The molecule has 6 aromatic carbocycles. The minimum absolute atomic E-state index is 0.0181. The molecule has 15 nitrogen and oxygen atoms in total. The Hall–Kier alpha value is -6.85. The van der Waals surface area contributed by atoms with Crippen LogP contribution in [0.25, 0.3) is 21.5 Å². The smallest absolute Gasteiger partial charge is 0.339 e. The van der Waals surface area contributed by atoms with Crippen LogP contribution in [-0.4, -0.2) is 59.2 Å². The second-order valence-electron chi connectivity index (χ2n) is 11.6. The highest BCUT2D eigenvalue weighted by Gasteiger charge is 2.23. The fourth-order valence-corrected chi connectivity index (χ4v) is 7.80. The van der Waals surface area contributed by atoms with Crippen LogP contribution in [0.5, 0.6) is 11.5 Å². The fraction of sp³-hybridized carbons (Fsp3) is 0.0541. The fourth-order valence-electron chi connectivity index (χ4n) is 5.53. The summed E-state index contributed by atoms with van der Waals surface area (Å²) < 4.78 is 67.4. The number of anilines is 4. The lowest BCUT2D eigenvalue weighted by Crippen LogP contribution is -2.19. The van der Waals surface area contributed by atoms with Crippen molar-refractivity contribution in [2.75, 3.05) is 34.3 Å². The third-order valence-corrected chi connectivity index (χ3v) is 10.8. The minimum atomic E-state index is -4.32. The third-order valence-electron chi connectivity index (χ3n) is 8.10. The molecule has 0 bridgehead atoms. The second kappa shape index (κ2) is 14.6. The molecule has 276 valence electrons. The summed E-state index contributed by atoms with van der Waals surface area (Å²) in [6.07, 6.45) is 0. The molecule has 0 heterocycles. The number of benzene rings is 6. The Kier molecular flexibility index (Phi) is 10.0. The number of phenolic OH excluding ortho intramolecular Hbond substituents is 2. The number of para-hydroxylation sites is 2. The molecule has 0 spiro atoms. The molecule has 0 saturated carbocycles. The maximum atomic E-state index is 13.3. The summed E-state index contributed by atoms with van der Waals surface area (Å²) in [6.45, 7) is 0. The van der Waals surface area contributed by atoms with Crippen LogP contribution in [0.3, 0.4) is 0 Å². The number of phenols is 2.